The molecule has 0 aliphatic carbocycles. The molecule has 0 saturated carbocycles. The van der Waals surface area contributed by atoms with Crippen molar-refractivity contribution in [3.05, 3.63) is 58.6 Å². The summed E-state index contributed by atoms with van der Waals surface area (Å²) < 4.78 is 26.9. The molecule has 2 rings (SSSR count). The van der Waals surface area contributed by atoms with E-state index in [0.29, 0.717) is 6.54 Å². The van der Waals surface area contributed by atoms with Gasteiger partial charge in [-0.25, -0.2) is 8.78 Å². The van der Waals surface area contributed by atoms with Gasteiger partial charge in [-0.1, -0.05) is 11.6 Å². The molecule has 1 N–H and O–H groups in total. The Bertz CT molecular complexity index is 768. The van der Waals surface area contributed by atoms with Crippen molar-refractivity contribution >= 4 is 11.7 Å². The summed E-state index contributed by atoms with van der Waals surface area (Å²) in [5.74, 6) is -3.30. The molecule has 134 valence electrons. The van der Waals surface area contributed by atoms with Gasteiger partial charge in [0.05, 0.1) is 0 Å². The summed E-state index contributed by atoms with van der Waals surface area (Å²) in [5, 5.41) is 10.1. The zero-order valence-corrected chi connectivity index (χ0v) is 14.3. The van der Waals surface area contributed by atoms with Crippen LogP contribution in [-0.4, -0.2) is 39.7 Å². The van der Waals surface area contributed by atoms with Crippen molar-refractivity contribution in [1.29, 1.82) is 0 Å². The quantitative estimate of drug-likeness (QED) is 0.670. The van der Waals surface area contributed by atoms with Gasteiger partial charge < -0.3 is 14.9 Å². The third-order valence-electron chi connectivity index (χ3n) is 3.74. The Kier molecular flexibility index (Phi) is 5.56. The van der Waals surface area contributed by atoms with Crippen LogP contribution in [0.1, 0.15) is 26.3 Å². The highest BCUT2D eigenvalue weighted by molar-refractivity contribution is 6.03. The Labute approximate surface area is 144 Å². The highest BCUT2D eigenvalue weighted by atomic mass is 19.1. The van der Waals surface area contributed by atoms with Gasteiger partial charge in [0.25, 0.3) is 5.91 Å². The van der Waals surface area contributed by atoms with Crippen molar-refractivity contribution < 1.29 is 23.5 Å². The minimum Gasteiger partial charge on any atom is -0.503 e. The summed E-state index contributed by atoms with van der Waals surface area (Å²) >= 11 is 0. The minimum atomic E-state index is -0.749. The monoisotopic (exact) mass is 350 g/mol. The molecule has 1 aliphatic rings. The number of hydrogen-bond acceptors (Lipinski definition) is 4. The van der Waals surface area contributed by atoms with Gasteiger partial charge in [-0.2, -0.15) is 0 Å². The van der Waals surface area contributed by atoms with Crippen molar-refractivity contribution in [2.75, 3.05) is 13.1 Å². The van der Waals surface area contributed by atoms with E-state index in [1.54, 1.807) is 6.20 Å². The number of aliphatic hydroxyl groups excluding tert-OH is 1. The molecule has 1 amide bonds. The Hall–Kier alpha value is -2.70. The molecule has 0 spiro atoms. The number of carbonyl (C=O) groups is 2. The van der Waals surface area contributed by atoms with Gasteiger partial charge in [-0.3, -0.25) is 9.59 Å². The first-order valence-electron chi connectivity index (χ1n) is 7.79. The first kappa shape index (κ1) is 18.6. The van der Waals surface area contributed by atoms with E-state index in [1.807, 2.05) is 13.8 Å². The lowest BCUT2D eigenvalue weighted by atomic mass is 10.1. The molecule has 0 bridgehead atoms. The van der Waals surface area contributed by atoms with Crippen LogP contribution < -0.4 is 0 Å². The van der Waals surface area contributed by atoms with E-state index in [-0.39, 0.29) is 24.4 Å². The van der Waals surface area contributed by atoms with Crippen LogP contribution in [0.25, 0.3) is 0 Å². The van der Waals surface area contributed by atoms with Crippen LogP contribution in [0.4, 0.5) is 8.78 Å². The van der Waals surface area contributed by atoms with Crippen LogP contribution >= 0.6 is 0 Å². The van der Waals surface area contributed by atoms with Crippen molar-refractivity contribution in [2.45, 2.75) is 27.3 Å². The molecule has 0 atom stereocenters. The number of nitrogens with zero attached hydrogens (tertiary/aromatic N) is 2. The molecule has 1 heterocycles. The lowest BCUT2D eigenvalue weighted by Gasteiger charge is -2.36. The number of rotatable bonds is 4. The molecule has 1 fully saturated rings. The molecule has 1 saturated heterocycles. The second-order valence-electron chi connectivity index (χ2n) is 6.12. The number of aliphatic hydroxyl groups is 1. The SMILES string of the molecule is CC(=O)/C(O)=C1/C(=O)N(Cc2ccc(F)cc2F)CCN1C=C(C)C. The van der Waals surface area contributed by atoms with Gasteiger partial charge in [0, 0.05) is 44.4 Å². The summed E-state index contributed by atoms with van der Waals surface area (Å²) in [5.41, 5.74) is 0.911. The number of hydrogen-bond donors (Lipinski definition) is 1. The van der Waals surface area contributed by atoms with Gasteiger partial charge in [-0.05, 0) is 19.9 Å². The van der Waals surface area contributed by atoms with Crippen molar-refractivity contribution in [2.24, 2.45) is 0 Å². The summed E-state index contributed by atoms with van der Waals surface area (Å²) in [6.45, 7) is 5.35. The van der Waals surface area contributed by atoms with Crippen LogP contribution in [0.15, 0.2) is 41.4 Å². The fourth-order valence-electron chi connectivity index (χ4n) is 2.57. The van der Waals surface area contributed by atoms with Gasteiger partial charge in [0.15, 0.2) is 17.2 Å². The summed E-state index contributed by atoms with van der Waals surface area (Å²) in [4.78, 5) is 27.1. The van der Waals surface area contributed by atoms with E-state index < -0.39 is 29.1 Å². The second kappa shape index (κ2) is 7.46. The van der Waals surface area contributed by atoms with Crippen LogP contribution in [0, 0.1) is 11.6 Å². The van der Waals surface area contributed by atoms with E-state index in [2.05, 4.69) is 0 Å². The predicted molar refractivity (Wildman–Crippen MR) is 88.2 cm³/mol. The first-order valence-corrected chi connectivity index (χ1v) is 7.79. The number of allylic oxidation sites excluding steroid dienone is 2. The van der Waals surface area contributed by atoms with E-state index in [4.69, 9.17) is 0 Å². The Morgan fingerprint density at radius 2 is 1.92 bits per heavy atom. The summed E-state index contributed by atoms with van der Waals surface area (Å²) in [6, 6.07) is 3.14. The Balaban J connectivity index is 2.35. The van der Waals surface area contributed by atoms with E-state index >= 15 is 0 Å². The topological polar surface area (TPSA) is 60.9 Å². The number of amides is 1. The molecular formula is C18H20F2N2O3. The summed E-state index contributed by atoms with van der Waals surface area (Å²) in [7, 11) is 0. The fourth-order valence-corrected chi connectivity index (χ4v) is 2.57. The second-order valence-corrected chi connectivity index (χ2v) is 6.12. The lowest BCUT2D eigenvalue weighted by molar-refractivity contribution is -0.132. The van der Waals surface area contributed by atoms with Gasteiger partial charge in [0.1, 0.15) is 11.6 Å². The molecule has 7 heteroatoms. The van der Waals surface area contributed by atoms with Crippen LogP contribution in [0.3, 0.4) is 0 Å². The molecule has 25 heavy (non-hydrogen) atoms. The maximum atomic E-state index is 13.9. The van der Waals surface area contributed by atoms with Crippen LogP contribution in [0.2, 0.25) is 0 Å². The largest absolute Gasteiger partial charge is 0.503 e. The van der Waals surface area contributed by atoms with Crippen molar-refractivity contribution in [1.82, 2.24) is 9.80 Å². The normalized spacial score (nSPS) is 16.8. The van der Waals surface area contributed by atoms with Gasteiger partial charge in [0.2, 0.25) is 0 Å². The highest BCUT2D eigenvalue weighted by Crippen LogP contribution is 2.22. The highest BCUT2D eigenvalue weighted by Gasteiger charge is 2.32. The average molecular weight is 350 g/mol. The third-order valence-corrected chi connectivity index (χ3v) is 3.74. The maximum Gasteiger partial charge on any atom is 0.274 e. The van der Waals surface area contributed by atoms with E-state index in [9.17, 15) is 23.5 Å². The Morgan fingerprint density at radius 3 is 2.48 bits per heavy atom. The third kappa shape index (κ3) is 4.23. The number of ketones is 1. The first-order chi connectivity index (χ1) is 11.7. The molecular weight excluding hydrogens is 330 g/mol. The van der Waals surface area contributed by atoms with Gasteiger partial charge >= 0.3 is 0 Å². The Morgan fingerprint density at radius 1 is 1.24 bits per heavy atom. The fraction of sp³-hybridized carbons (Fsp3) is 0.333. The molecule has 5 nitrogen and oxygen atoms in total. The number of piperazine rings is 1. The summed E-state index contributed by atoms with van der Waals surface area (Å²) in [6.07, 6.45) is 1.67. The lowest BCUT2D eigenvalue weighted by Crippen LogP contribution is -2.47. The molecule has 0 radical (unpaired) electrons. The molecule has 0 unspecified atom stereocenters. The van der Waals surface area contributed by atoms with Crippen molar-refractivity contribution in [3.63, 3.8) is 0 Å². The number of Topliss-reactive ketones (excluding diaryl/α,β-unsaturated/α-hetero) is 1. The smallest absolute Gasteiger partial charge is 0.274 e. The maximum absolute atomic E-state index is 13.9. The van der Waals surface area contributed by atoms with Crippen LogP contribution in [0.5, 0.6) is 0 Å². The van der Waals surface area contributed by atoms with E-state index in [0.717, 1.165) is 24.6 Å². The predicted octanol–water partition coefficient (Wildman–Crippen LogP) is 2.89. The molecule has 1 aliphatic heterocycles. The van der Waals surface area contributed by atoms with Gasteiger partial charge in [-0.15, -0.1) is 0 Å². The van der Waals surface area contributed by atoms with E-state index in [1.165, 1.54) is 15.9 Å². The zero-order chi connectivity index (χ0) is 18.7. The number of benzene rings is 1. The molecule has 1 aromatic carbocycles. The molecule has 1 aromatic rings. The minimum absolute atomic E-state index is 0.0811. The van der Waals surface area contributed by atoms with Crippen LogP contribution in [-0.2, 0) is 16.1 Å². The molecule has 0 aromatic heterocycles. The number of halogens is 2. The standard InChI is InChI=1S/C18H20F2N2O3/c1-11(2)9-21-6-7-22(18(25)16(21)17(24)12(3)23)10-13-4-5-14(19)8-15(13)20/h4-5,8-9,24H,6-7,10H2,1-3H3/b17-16+. The zero-order valence-electron chi connectivity index (χ0n) is 14.3. The number of carbonyl (C=O) groups excluding carboxylic acids is 2. The van der Waals surface area contributed by atoms with Crippen molar-refractivity contribution in [3.8, 4) is 0 Å². The average Bonchev–Trinajstić information content (AvgIpc) is 2.51.